The maximum atomic E-state index is 14.1. The molecule has 1 amide bonds. The van der Waals surface area contributed by atoms with Crippen LogP contribution in [0, 0.1) is 5.82 Å². The van der Waals surface area contributed by atoms with Crippen LogP contribution >= 0.6 is 11.3 Å². The van der Waals surface area contributed by atoms with Gasteiger partial charge in [0.1, 0.15) is 11.6 Å². The van der Waals surface area contributed by atoms with Gasteiger partial charge in [-0.2, -0.15) is 0 Å². The van der Waals surface area contributed by atoms with Crippen molar-refractivity contribution in [1.29, 1.82) is 0 Å². The molecule has 35 heavy (non-hydrogen) atoms. The van der Waals surface area contributed by atoms with Crippen molar-refractivity contribution in [1.82, 2.24) is 10.3 Å². The number of nitrogens with zero attached hydrogens (tertiary/aromatic N) is 1. The molecule has 3 rings (SSSR count). The van der Waals surface area contributed by atoms with E-state index in [1.807, 2.05) is 0 Å². The summed E-state index contributed by atoms with van der Waals surface area (Å²) in [5, 5.41) is 15.3. The van der Waals surface area contributed by atoms with Crippen molar-refractivity contribution in [2.45, 2.75) is 19.9 Å². The number of ketones is 1. The topological polar surface area (TPSA) is 97.8 Å². The molecule has 1 aromatic carbocycles. The average molecular weight is 497 g/mol. The SMILES string of the molecule is C=C/C(OC)=C(\C=C(/C)C(=O)NC(C)C(=O)c1nc(-c2csc3c(F)cccc23)ccc1O)OC. The number of amides is 1. The van der Waals surface area contributed by atoms with Gasteiger partial charge in [-0.15, -0.1) is 11.3 Å². The fourth-order valence-corrected chi connectivity index (χ4v) is 4.33. The molecule has 0 saturated heterocycles. The van der Waals surface area contributed by atoms with Crippen LogP contribution in [0.25, 0.3) is 21.3 Å². The molecule has 1 atom stereocenters. The van der Waals surface area contributed by atoms with Gasteiger partial charge in [0.05, 0.1) is 30.7 Å². The van der Waals surface area contributed by atoms with E-state index in [2.05, 4.69) is 16.9 Å². The van der Waals surface area contributed by atoms with Gasteiger partial charge in [-0.25, -0.2) is 9.37 Å². The van der Waals surface area contributed by atoms with Crippen molar-refractivity contribution in [3.05, 3.63) is 83.0 Å². The molecule has 2 aromatic heterocycles. The number of aromatic hydroxyl groups is 1. The summed E-state index contributed by atoms with van der Waals surface area (Å²) >= 11 is 1.23. The molecule has 0 radical (unpaired) electrons. The number of halogens is 1. The molecule has 0 spiro atoms. The predicted molar refractivity (Wildman–Crippen MR) is 134 cm³/mol. The van der Waals surface area contributed by atoms with Crippen LogP contribution in [0.3, 0.4) is 0 Å². The normalized spacial score (nSPS) is 13.1. The van der Waals surface area contributed by atoms with Crippen LogP contribution < -0.4 is 5.32 Å². The van der Waals surface area contributed by atoms with E-state index in [-0.39, 0.29) is 22.8 Å². The lowest BCUT2D eigenvalue weighted by atomic mass is 10.1. The number of benzene rings is 1. The van der Waals surface area contributed by atoms with Crippen LogP contribution in [-0.2, 0) is 14.3 Å². The maximum Gasteiger partial charge on any atom is 0.247 e. The molecule has 3 aromatic rings. The van der Waals surface area contributed by atoms with Gasteiger partial charge < -0.3 is 19.9 Å². The van der Waals surface area contributed by atoms with E-state index in [0.29, 0.717) is 32.9 Å². The van der Waals surface area contributed by atoms with Crippen molar-refractivity contribution in [2.75, 3.05) is 14.2 Å². The zero-order chi connectivity index (χ0) is 25.7. The van der Waals surface area contributed by atoms with Crippen molar-refractivity contribution < 1.29 is 28.6 Å². The minimum Gasteiger partial charge on any atom is -0.506 e. The molecule has 9 heteroatoms. The molecule has 2 N–H and O–H groups in total. The summed E-state index contributed by atoms with van der Waals surface area (Å²) in [4.78, 5) is 30.1. The van der Waals surface area contributed by atoms with Gasteiger partial charge >= 0.3 is 0 Å². The Bertz CT molecular complexity index is 1360. The average Bonchev–Trinajstić information content (AvgIpc) is 3.29. The lowest BCUT2D eigenvalue weighted by molar-refractivity contribution is -0.117. The van der Waals surface area contributed by atoms with Crippen molar-refractivity contribution in [3.63, 3.8) is 0 Å². The van der Waals surface area contributed by atoms with Gasteiger partial charge in [0.2, 0.25) is 11.7 Å². The maximum absolute atomic E-state index is 14.1. The number of Topliss-reactive ketones (excluding diaryl/α,β-unsaturated/α-hetero) is 1. The quantitative estimate of drug-likeness (QED) is 0.184. The Kier molecular flexibility index (Phi) is 8.03. The second kappa shape index (κ2) is 11.0. The number of fused-ring (bicyclic) bond motifs is 1. The minimum absolute atomic E-state index is 0.196. The number of carbonyl (C=O) groups excluding carboxylic acids is 2. The first-order valence-corrected chi connectivity index (χ1v) is 11.4. The molecule has 7 nitrogen and oxygen atoms in total. The lowest BCUT2D eigenvalue weighted by Gasteiger charge is -2.15. The molecular formula is C26H25FN2O5S. The van der Waals surface area contributed by atoms with E-state index in [1.165, 1.54) is 56.8 Å². The molecular weight excluding hydrogens is 471 g/mol. The number of hydrogen-bond donors (Lipinski definition) is 2. The highest BCUT2D eigenvalue weighted by Crippen LogP contribution is 2.35. The number of thiophene rings is 1. The third-order valence-electron chi connectivity index (χ3n) is 5.25. The van der Waals surface area contributed by atoms with Crippen molar-refractivity contribution in [3.8, 4) is 17.0 Å². The van der Waals surface area contributed by atoms with E-state index >= 15 is 0 Å². The highest BCUT2D eigenvalue weighted by atomic mass is 32.1. The van der Waals surface area contributed by atoms with Crippen LogP contribution in [0.15, 0.2) is 71.5 Å². The van der Waals surface area contributed by atoms with Crippen molar-refractivity contribution >= 4 is 33.1 Å². The molecule has 0 aliphatic carbocycles. The molecule has 0 aliphatic rings. The number of carbonyl (C=O) groups is 2. The van der Waals surface area contributed by atoms with Gasteiger partial charge in [0, 0.05) is 21.9 Å². The second-order valence-corrected chi connectivity index (χ2v) is 8.44. The summed E-state index contributed by atoms with van der Waals surface area (Å²) < 4.78 is 25.0. The first kappa shape index (κ1) is 25.6. The van der Waals surface area contributed by atoms with E-state index in [4.69, 9.17) is 9.47 Å². The summed E-state index contributed by atoms with van der Waals surface area (Å²) in [6.07, 6.45) is 2.91. The highest BCUT2D eigenvalue weighted by molar-refractivity contribution is 7.17. The monoisotopic (exact) mass is 496 g/mol. The largest absolute Gasteiger partial charge is 0.506 e. The Balaban J connectivity index is 1.86. The number of hydrogen-bond acceptors (Lipinski definition) is 7. The predicted octanol–water partition coefficient (Wildman–Crippen LogP) is 5.13. The Morgan fingerprint density at radius 2 is 1.91 bits per heavy atom. The molecule has 0 fully saturated rings. The molecule has 0 saturated carbocycles. The summed E-state index contributed by atoms with van der Waals surface area (Å²) in [5.74, 6) is -1.13. The summed E-state index contributed by atoms with van der Waals surface area (Å²) in [6.45, 7) is 6.68. The summed E-state index contributed by atoms with van der Waals surface area (Å²) in [5.41, 5.74) is 1.11. The van der Waals surface area contributed by atoms with Gasteiger partial charge in [0.15, 0.2) is 17.2 Å². The Morgan fingerprint density at radius 1 is 1.20 bits per heavy atom. The number of rotatable bonds is 9. The molecule has 0 aliphatic heterocycles. The Labute approximate surface area is 206 Å². The summed E-state index contributed by atoms with van der Waals surface area (Å²) in [7, 11) is 2.88. The zero-order valence-corrected chi connectivity index (χ0v) is 20.5. The van der Waals surface area contributed by atoms with Gasteiger partial charge in [0.25, 0.3) is 0 Å². The van der Waals surface area contributed by atoms with E-state index in [1.54, 1.807) is 30.5 Å². The number of methoxy groups -OCH3 is 2. The first-order valence-electron chi connectivity index (χ1n) is 10.6. The first-order chi connectivity index (χ1) is 16.7. The van der Waals surface area contributed by atoms with E-state index in [9.17, 15) is 19.1 Å². The lowest BCUT2D eigenvalue weighted by Crippen LogP contribution is -2.39. The van der Waals surface area contributed by atoms with Gasteiger partial charge in [-0.05, 0) is 44.2 Å². The van der Waals surface area contributed by atoms with Crippen LogP contribution in [0.4, 0.5) is 4.39 Å². The molecule has 2 heterocycles. The van der Waals surface area contributed by atoms with Gasteiger partial charge in [-0.1, -0.05) is 18.7 Å². The fourth-order valence-electron chi connectivity index (χ4n) is 3.36. The Morgan fingerprint density at radius 3 is 2.57 bits per heavy atom. The zero-order valence-electron chi connectivity index (χ0n) is 19.7. The van der Waals surface area contributed by atoms with E-state index in [0.717, 1.165) is 0 Å². The minimum atomic E-state index is -0.993. The van der Waals surface area contributed by atoms with Crippen LogP contribution in [0.5, 0.6) is 5.75 Å². The number of ether oxygens (including phenoxy) is 2. The van der Waals surface area contributed by atoms with Gasteiger partial charge in [-0.3, -0.25) is 9.59 Å². The highest BCUT2D eigenvalue weighted by Gasteiger charge is 2.24. The Hall–Kier alpha value is -3.98. The van der Waals surface area contributed by atoms with Crippen LogP contribution in [0.2, 0.25) is 0 Å². The number of allylic oxidation sites excluding steroid dienone is 2. The second-order valence-electron chi connectivity index (χ2n) is 7.56. The fraction of sp³-hybridized carbons (Fsp3) is 0.192. The standard InChI is InChI=1S/C26H25FN2O5S/c1-6-21(33-4)22(34-5)12-14(2)26(32)28-15(3)24(31)23-20(30)11-10-19(29-23)17-13-35-25-16(17)8-7-9-18(25)27/h6-13,15,30H,1H2,2-5H3,(H,28,32)/b14-12+,22-21-. The van der Waals surface area contributed by atoms with Crippen molar-refractivity contribution in [2.24, 2.45) is 0 Å². The third kappa shape index (κ3) is 5.41. The smallest absolute Gasteiger partial charge is 0.247 e. The number of aromatic nitrogens is 1. The van der Waals surface area contributed by atoms with Crippen LogP contribution in [0.1, 0.15) is 24.3 Å². The number of nitrogens with one attached hydrogen (secondary N) is 1. The molecule has 0 bridgehead atoms. The van der Waals surface area contributed by atoms with Crippen LogP contribution in [-0.4, -0.2) is 42.0 Å². The molecule has 1 unspecified atom stereocenters. The number of pyridine rings is 1. The summed E-state index contributed by atoms with van der Waals surface area (Å²) in [6, 6.07) is 6.66. The van der Waals surface area contributed by atoms with E-state index < -0.39 is 17.7 Å². The third-order valence-corrected chi connectivity index (χ3v) is 6.25. The molecule has 182 valence electrons.